The molecule has 0 heterocycles. The predicted octanol–water partition coefficient (Wildman–Crippen LogP) is 0.949. The minimum Gasteiger partial charge on any atom is -0.381 e. The van der Waals surface area contributed by atoms with Gasteiger partial charge < -0.3 is 15.4 Å². The summed E-state index contributed by atoms with van der Waals surface area (Å²) in [6.07, 6.45) is 5.03. The van der Waals surface area contributed by atoms with Crippen LogP contribution in [0.15, 0.2) is 0 Å². The molecule has 0 unspecified atom stereocenters. The zero-order chi connectivity index (χ0) is 11.1. The van der Waals surface area contributed by atoms with Crippen molar-refractivity contribution in [3.63, 3.8) is 0 Å². The molecular weight excluding hydrogens is 228 g/mol. The molecule has 2 N–H and O–H groups in total. The number of halogens is 1. The lowest BCUT2D eigenvalue weighted by Crippen LogP contribution is -2.36. The molecule has 1 saturated carbocycles. The van der Waals surface area contributed by atoms with Gasteiger partial charge in [-0.15, -0.1) is 12.4 Å². The van der Waals surface area contributed by atoms with Crippen molar-refractivity contribution < 1.29 is 9.53 Å². The van der Waals surface area contributed by atoms with Crippen LogP contribution in [0.1, 0.15) is 25.7 Å². The van der Waals surface area contributed by atoms with E-state index in [2.05, 4.69) is 10.6 Å². The topological polar surface area (TPSA) is 50.4 Å². The number of carbonyl (C=O) groups excluding carboxylic acids is 1. The van der Waals surface area contributed by atoms with Crippen molar-refractivity contribution in [1.82, 2.24) is 10.6 Å². The molecule has 4 nitrogen and oxygen atoms in total. The summed E-state index contributed by atoms with van der Waals surface area (Å²) in [5.41, 5.74) is 0. The lowest BCUT2D eigenvalue weighted by Gasteiger charge is -2.27. The van der Waals surface area contributed by atoms with Crippen molar-refractivity contribution in [3.05, 3.63) is 0 Å². The second-order valence-electron chi connectivity index (χ2n) is 4.21. The van der Waals surface area contributed by atoms with E-state index in [0.717, 1.165) is 19.4 Å². The van der Waals surface area contributed by atoms with Crippen molar-refractivity contribution in [3.8, 4) is 0 Å². The summed E-state index contributed by atoms with van der Waals surface area (Å²) in [5.74, 6) is 0.726. The Bertz CT molecular complexity index is 194. The maximum absolute atomic E-state index is 11.2. The number of ether oxygens (including phenoxy) is 1. The van der Waals surface area contributed by atoms with Crippen LogP contribution in [-0.4, -0.2) is 39.3 Å². The Hall–Kier alpha value is -0.320. The third-order valence-electron chi connectivity index (χ3n) is 3.05. The van der Waals surface area contributed by atoms with E-state index >= 15 is 0 Å². The van der Waals surface area contributed by atoms with Crippen LogP contribution in [0.5, 0.6) is 0 Å². The number of methoxy groups -OCH3 is 1. The van der Waals surface area contributed by atoms with Gasteiger partial charge in [0.05, 0.1) is 12.6 Å². The Kier molecular flexibility index (Phi) is 8.61. The van der Waals surface area contributed by atoms with Gasteiger partial charge in [-0.2, -0.15) is 0 Å². The van der Waals surface area contributed by atoms with Gasteiger partial charge in [-0.1, -0.05) is 0 Å². The van der Waals surface area contributed by atoms with Crippen LogP contribution in [0.25, 0.3) is 0 Å². The molecule has 0 spiro atoms. The lowest BCUT2D eigenvalue weighted by molar-refractivity contribution is -0.120. The number of hydrogen-bond donors (Lipinski definition) is 2. The number of likely N-dealkylation sites (N-methyl/N-ethyl adjacent to an activating group) is 1. The van der Waals surface area contributed by atoms with Crippen molar-refractivity contribution in [1.29, 1.82) is 0 Å². The highest BCUT2D eigenvalue weighted by Crippen LogP contribution is 2.25. The van der Waals surface area contributed by atoms with Crippen molar-refractivity contribution >= 4 is 18.3 Å². The third kappa shape index (κ3) is 5.68. The summed E-state index contributed by atoms with van der Waals surface area (Å²) >= 11 is 0. The number of amides is 1. The number of hydrogen-bond acceptors (Lipinski definition) is 3. The van der Waals surface area contributed by atoms with Crippen LogP contribution < -0.4 is 10.6 Å². The van der Waals surface area contributed by atoms with Gasteiger partial charge in [-0.05, 0) is 38.6 Å². The summed E-state index contributed by atoms with van der Waals surface area (Å²) in [6.45, 7) is 1.23. The van der Waals surface area contributed by atoms with Gasteiger partial charge in [-0.3, -0.25) is 4.79 Å². The lowest BCUT2D eigenvalue weighted by atomic mass is 9.87. The van der Waals surface area contributed by atoms with Gasteiger partial charge in [0.2, 0.25) is 5.91 Å². The van der Waals surface area contributed by atoms with E-state index in [9.17, 15) is 4.79 Å². The molecule has 0 atom stereocenters. The Morgan fingerprint density at radius 3 is 2.44 bits per heavy atom. The Morgan fingerprint density at radius 2 is 1.94 bits per heavy atom. The summed E-state index contributed by atoms with van der Waals surface area (Å²) in [4.78, 5) is 11.2. The molecule has 1 amide bonds. The fourth-order valence-electron chi connectivity index (χ4n) is 2.05. The fourth-order valence-corrected chi connectivity index (χ4v) is 2.05. The molecule has 5 heteroatoms. The van der Waals surface area contributed by atoms with E-state index in [1.54, 1.807) is 14.2 Å². The highest BCUT2D eigenvalue weighted by Gasteiger charge is 2.20. The zero-order valence-corrected chi connectivity index (χ0v) is 10.9. The molecule has 0 saturated heterocycles. The molecule has 1 rings (SSSR count). The monoisotopic (exact) mass is 250 g/mol. The molecule has 0 bridgehead atoms. The standard InChI is InChI=1S/C11H22N2O2.ClH/c1-12-8-11(14)13-7-9-3-5-10(15-2)6-4-9;/h9-10,12H,3-8H2,1-2H3,(H,13,14);1H. The second-order valence-corrected chi connectivity index (χ2v) is 4.21. The maximum atomic E-state index is 11.2. The van der Waals surface area contributed by atoms with Crippen LogP contribution in [0.3, 0.4) is 0 Å². The highest BCUT2D eigenvalue weighted by atomic mass is 35.5. The molecule has 0 aromatic carbocycles. The Labute approximate surface area is 104 Å². The molecule has 0 aromatic rings. The van der Waals surface area contributed by atoms with Gasteiger partial charge >= 0.3 is 0 Å². The van der Waals surface area contributed by atoms with E-state index < -0.39 is 0 Å². The molecule has 0 radical (unpaired) electrons. The van der Waals surface area contributed by atoms with Gasteiger partial charge in [-0.25, -0.2) is 0 Å². The summed E-state index contributed by atoms with van der Waals surface area (Å²) in [6, 6.07) is 0. The number of nitrogens with one attached hydrogen (secondary N) is 2. The van der Waals surface area contributed by atoms with Crippen LogP contribution in [0.2, 0.25) is 0 Å². The predicted molar refractivity (Wildman–Crippen MR) is 66.9 cm³/mol. The second kappa shape index (κ2) is 8.79. The van der Waals surface area contributed by atoms with Gasteiger partial charge in [0.15, 0.2) is 0 Å². The van der Waals surface area contributed by atoms with E-state index in [0.29, 0.717) is 18.6 Å². The largest absolute Gasteiger partial charge is 0.381 e. The van der Waals surface area contributed by atoms with Crippen LogP contribution in [0.4, 0.5) is 0 Å². The van der Waals surface area contributed by atoms with E-state index in [1.165, 1.54) is 12.8 Å². The highest BCUT2D eigenvalue weighted by molar-refractivity contribution is 5.85. The first kappa shape index (κ1) is 15.7. The Balaban J connectivity index is 0.00000225. The molecule has 0 aromatic heterocycles. The average Bonchev–Trinajstić information content (AvgIpc) is 2.27. The summed E-state index contributed by atoms with van der Waals surface area (Å²) < 4.78 is 5.31. The van der Waals surface area contributed by atoms with E-state index in [-0.39, 0.29) is 18.3 Å². The van der Waals surface area contributed by atoms with Gasteiger partial charge in [0.1, 0.15) is 0 Å². The molecule has 1 aliphatic carbocycles. The molecule has 16 heavy (non-hydrogen) atoms. The fraction of sp³-hybridized carbons (Fsp3) is 0.909. The minimum atomic E-state index is 0. The maximum Gasteiger partial charge on any atom is 0.233 e. The third-order valence-corrected chi connectivity index (χ3v) is 3.05. The minimum absolute atomic E-state index is 0. The molecular formula is C11H23ClN2O2. The quantitative estimate of drug-likeness (QED) is 0.764. The zero-order valence-electron chi connectivity index (χ0n) is 10.1. The summed E-state index contributed by atoms with van der Waals surface area (Å²) in [7, 11) is 3.56. The SMILES string of the molecule is CNCC(=O)NCC1CCC(OC)CC1.Cl. The first-order valence-electron chi connectivity index (χ1n) is 5.70. The van der Waals surface area contributed by atoms with Gasteiger partial charge in [0, 0.05) is 13.7 Å². The molecule has 1 aliphatic rings. The number of rotatable bonds is 5. The van der Waals surface area contributed by atoms with Crippen molar-refractivity contribution in [2.75, 3.05) is 27.2 Å². The first-order valence-corrected chi connectivity index (χ1v) is 5.70. The average molecular weight is 251 g/mol. The van der Waals surface area contributed by atoms with E-state index in [4.69, 9.17) is 4.74 Å². The molecule has 1 fully saturated rings. The van der Waals surface area contributed by atoms with Crippen LogP contribution >= 0.6 is 12.4 Å². The van der Waals surface area contributed by atoms with Crippen LogP contribution in [0, 0.1) is 5.92 Å². The Morgan fingerprint density at radius 1 is 1.31 bits per heavy atom. The van der Waals surface area contributed by atoms with E-state index in [1.807, 2.05) is 0 Å². The van der Waals surface area contributed by atoms with Crippen molar-refractivity contribution in [2.45, 2.75) is 31.8 Å². The van der Waals surface area contributed by atoms with Crippen molar-refractivity contribution in [2.24, 2.45) is 5.92 Å². The summed E-state index contributed by atoms with van der Waals surface area (Å²) in [5, 5.41) is 5.78. The van der Waals surface area contributed by atoms with Gasteiger partial charge in [0.25, 0.3) is 0 Å². The number of carbonyl (C=O) groups is 1. The molecule has 96 valence electrons. The first-order chi connectivity index (χ1) is 7.26. The smallest absolute Gasteiger partial charge is 0.233 e. The van der Waals surface area contributed by atoms with Crippen LogP contribution in [-0.2, 0) is 9.53 Å². The normalized spacial score (nSPS) is 24.6. The molecule has 0 aliphatic heterocycles.